The molecule has 0 bridgehead atoms. The molecule has 0 radical (unpaired) electrons. The van der Waals surface area contributed by atoms with Gasteiger partial charge in [-0.15, -0.1) is 0 Å². The average molecular weight is 1570 g/mol. The summed E-state index contributed by atoms with van der Waals surface area (Å²) in [6.45, 7) is 88.3. The van der Waals surface area contributed by atoms with Crippen molar-refractivity contribution in [2.24, 2.45) is 5.41 Å². The number of hydrogen-bond donors (Lipinski definition) is 3. The third-order valence-electron chi connectivity index (χ3n) is 26.7. The van der Waals surface area contributed by atoms with Crippen molar-refractivity contribution in [3.05, 3.63) is 190 Å². The maximum absolute atomic E-state index is 13.6. The lowest BCUT2D eigenvalue weighted by molar-refractivity contribution is 0.0774. The van der Waals surface area contributed by atoms with Crippen molar-refractivity contribution in [2.45, 2.75) is 488 Å². The highest BCUT2D eigenvalue weighted by molar-refractivity contribution is 5.78. The number of rotatable bonds is 36. The van der Waals surface area contributed by atoms with Crippen molar-refractivity contribution in [3.63, 3.8) is 0 Å². The van der Waals surface area contributed by atoms with E-state index in [0.717, 1.165) is 91.2 Å². The standard InChI is InChI=1S/C112H178O3/c1-37-40-43-46-49-52-55-58-61-110(62-59-56-53-50-47-44-41-38-2,63-60-57-54-51-48-45-42-39-3)100(82-73-85(101(10,11)12)94(113)70-79(82)7)112(98-90(106(25,26)27)66-77(5)67-91(98)107(28,29)30,99-92(108(31,32)33)68-78(6)69-93(99)109(34,35)36)111(83-74-86(102(13,14)15)95(114)71-80(83)8,84-75-87(103(16,17)18)96(115)72-81(84)9)97-88(104(19,20)21)64-76(4)65-89(97)105(22,23)24/h64-75,100,113-115H,37-63H2,1-36H3. The van der Waals surface area contributed by atoms with E-state index in [0.29, 0.717) is 17.2 Å². The Hall–Kier alpha value is -5.28. The Kier molecular flexibility index (Phi) is 33.1. The van der Waals surface area contributed by atoms with Crippen LogP contribution in [0.15, 0.2) is 72.8 Å². The summed E-state index contributed by atoms with van der Waals surface area (Å²) >= 11 is 0. The van der Waals surface area contributed by atoms with Gasteiger partial charge in [-0.3, -0.25) is 0 Å². The summed E-state index contributed by atoms with van der Waals surface area (Å²) in [5.41, 5.74) is 18.0. The lowest BCUT2D eigenvalue weighted by Crippen LogP contribution is -2.63. The highest BCUT2D eigenvalue weighted by Gasteiger charge is 2.70. The molecule has 6 aromatic carbocycles. The predicted octanol–water partition coefficient (Wildman–Crippen LogP) is 34.0. The Morgan fingerprint density at radius 1 is 0.226 bits per heavy atom. The van der Waals surface area contributed by atoms with Crippen LogP contribution < -0.4 is 0 Å². The highest BCUT2D eigenvalue weighted by atomic mass is 16.3. The molecule has 6 rings (SSSR count). The molecule has 0 heterocycles. The van der Waals surface area contributed by atoms with Crippen LogP contribution in [-0.4, -0.2) is 15.3 Å². The molecule has 0 amide bonds. The quantitative estimate of drug-likeness (QED) is 0.0271. The van der Waals surface area contributed by atoms with Crippen molar-refractivity contribution < 1.29 is 15.3 Å². The molecule has 0 fully saturated rings. The Bertz CT molecular complexity index is 3840. The Balaban J connectivity index is 2.56. The minimum atomic E-state index is -1.38. The van der Waals surface area contributed by atoms with Gasteiger partial charge < -0.3 is 15.3 Å². The molecule has 115 heavy (non-hydrogen) atoms. The summed E-state index contributed by atoms with van der Waals surface area (Å²) in [6.07, 6.45) is 32.4. The molecule has 3 heteroatoms. The summed E-state index contributed by atoms with van der Waals surface area (Å²) in [5, 5.41) is 40.8. The van der Waals surface area contributed by atoms with Gasteiger partial charge in [-0.05, 0) is 233 Å². The largest absolute Gasteiger partial charge is 0.508 e. The topological polar surface area (TPSA) is 60.7 Å². The van der Waals surface area contributed by atoms with Gasteiger partial charge in [0.25, 0.3) is 0 Å². The van der Waals surface area contributed by atoms with Crippen molar-refractivity contribution in [3.8, 4) is 17.2 Å². The molecule has 0 aliphatic rings. The SMILES string of the molecule is CCCCCCCCCCC(CCCCCCCCCC)(CCCCCCCCCC)C(c1cc(C(C)(C)C)c(O)cc1C)C(c1c(C(C)(C)C)cc(C)cc1C(C)(C)C)(c1c(C(C)(C)C)cc(C)cc1C(C)(C)C)C(c1cc(C(C)(C)C)c(O)cc1C)(c1cc(C(C)(C)C)c(O)cc1C)c1c(C(C)(C)C)cc(C)cc1C(C)(C)C. The second kappa shape index (κ2) is 38.6. The minimum Gasteiger partial charge on any atom is -0.508 e. The molecule has 0 aromatic heterocycles. The number of aryl methyl sites for hydroxylation is 6. The number of unbranched alkanes of at least 4 members (excludes halogenated alkanes) is 21. The number of phenols is 3. The van der Waals surface area contributed by atoms with Crippen molar-refractivity contribution >= 4 is 0 Å². The molecular weight excluding hydrogens is 1390 g/mol. The van der Waals surface area contributed by atoms with Crippen LogP contribution in [0.5, 0.6) is 17.2 Å². The van der Waals surface area contributed by atoms with Crippen molar-refractivity contribution in [2.75, 3.05) is 0 Å². The molecule has 0 spiro atoms. The fraction of sp³-hybridized carbons (Fsp3) is 0.679. The van der Waals surface area contributed by atoms with Gasteiger partial charge in [0.2, 0.25) is 0 Å². The Labute approximate surface area is 711 Å². The molecule has 1 atom stereocenters. The van der Waals surface area contributed by atoms with Gasteiger partial charge in [0.15, 0.2) is 0 Å². The van der Waals surface area contributed by atoms with Crippen LogP contribution >= 0.6 is 0 Å². The molecular formula is C112H178O3. The van der Waals surface area contributed by atoms with E-state index in [1.807, 2.05) is 0 Å². The van der Waals surface area contributed by atoms with Crippen LogP contribution in [-0.2, 0) is 59.6 Å². The molecule has 3 N–H and O–H groups in total. The van der Waals surface area contributed by atoms with Crippen LogP contribution in [0.25, 0.3) is 0 Å². The number of hydrogen-bond acceptors (Lipinski definition) is 3. The van der Waals surface area contributed by atoms with Crippen LogP contribution in [0.4, 0.5) is 0 Å². The minimum absolute atomic E-state index is 0.318. The van der Waals surface area contributed by atoms with E-state index in [2.05, 4.69) is 322 Å². The Morgan fingerprint density at radius 2 is 0.435 bits per heavy atom. The lowest BCUT2D eigenvalue weighted by atomic mass is 9.35. The summed E-state index contributed by atoms with van der Waals surface area (Å²) in [5.74, 6) is 0.592. The average Bonchev–Trinajstić information content (AvgIpc) is 0.643. The van der Waals surface area contributed by atoms with Crippen molar-refractivity contribution in [1.82, 2.24) is 0 Å². The molecule has 0 aliphatic carbocycles. The zero-order chi connectivity index (χ0) is 87.0. The summed E-state index contributed by atoms with van der Waals surface area (Å²) in [4.78, 5) is 0. The maximum atomic E-state index is 13.6. The predicted molar refractivity (Wildman–Crippen MR) is 508 cm³/mol. The number of aromatic hydroxyl groups is 3. The van der Waals surface area contributed by atoms with E-state index in [-0.39, 0.29) is 0 Å². The van der Waals surface area contributed by atoms with Crippen LogP contribution in [0.2, 0.25) is 0 Å². The fourth-order valence-electron chi connectivity index (χ4n) is 20.9. The summed E-state index contributed by atoms with van der Waals surface area (Å²) in [6, 6.07) is 30.7. The van der Waals surface area contributed by atoms with Gasteiger partial charge in [0.05, 0.1) is 5.41 Å². The van der Waals surface area contributed by atoms with Gasteiger partial charge in [0, 0.05) is 11.3 Å². The molecule has 6 aromatic rings. The van der Waals surface area contributed by atoms with E-state index in [4.69, 9.17) is 0 Å². The molecule has 1 unspecified atom stereocenters. The van der Waals surface area contributed by atoms with E-state index < -0.39 is 70.9 Å². The van der Waals surface area contributed by atoms with E-state index >= 15 is 0 Å². The zero-order valence-electron chi connectivity index (χ0n) is 81.9. The van der Waals surface area contributed by atoms with E-state index in [1.54, 1.807) is 0 Å². The molecule has 0 saturated carbocycles. The smallest absolute Gasteiger partial charge is 0.119 e. The van der Waals surface area contributed by atoms with Crippen LogP contribution in [0.3, 0.4) is 0 Å². The molecule has 0 saturated heterocycles. The third kappa shape index (κ3) is 22.9. The van der Waals surface area contributed by atoms with E-state index in [9.17, 15) is 15.3 Å². The van der Waals surface area contributed by atoms with Crippen molar-refractivity contribution in [1.29, 1.82) is 0 Å². The summed E-state index contributed by atoms with van der Waals surface area (Å²) < 4.78 is 0. The van der Waals surface area contributed by atoms with Gasteiger partial charge in [0.1, 0.15) is 17.2 Å². The van der Waals surface area contributed by atoms with Gasteiger partial charge in [-0.2, -0.15) is 0 Å². The van der Waals surface area contributed by atoms with Gasteiger partial charge in [-0.25, -0.2) is 0 Å². The highest BCUT2D eigenvalue weighted by Crippen LogP contribution is 2.75. The van der Waals surface area contributed by atoms with Crippen LogP contribution in [0.1, 0.15) is 504 Å². The zero-order valence-corrected chi connectivity index (χ0v) is 81.9. The third-order valence-corrected chi connectivity index (χ3v) is 26.7. The monoisotopic (exact) mass is 1570 g/mol. The molecule has 644 valence electrons. The lowest BCUT2D eigenvalue weighted by Gasteiger charge is -2.66. The maximum Gasteiger partial charge on any atom is 0.119 e. The van der Waals surface area contributed by atoms with E-state index in [1.165, 1.54) is 199 Å². The summed E-state index contributed by atoms with van der Waals surface area (Å²) in [7, 11) is 0. The fourth-order valence-corrected chi connectivity index (χ4v) is 20.9. The van der Waals surface area contributed by atoms with Gasteiger partial charge in [-0.1, -0.05) is 433 Å². The first-order chi connectivity index (χ1) is 52.9. The first-order valence-corrected chi connectivity index (χ1v) is 46.9. The second-order valence-corrected chi connectivity index (χ2v) is 46.6. The number of benzene rings is 6. The normalized spacial score (nSPS) is 13.9. The van der Waals surface area contributed by atoms with Gasteiger partial charge >= 0.3 is 0 Å². The first kappa shape index (κ1) is 98.5. The molecule has 3 nitrogen and oxygen atoms in total. The Morgan fingerprint density at radius 3 is 0.670 bits per heavy atom. The van der Waals surface area contributed by atoms with Crippen LogP contribution in [0, 0.1) is 47.0 Å². The first-order valence-electron chi connectivity index (χ1n) is 46.9. The number of phenolic OH excluding ortho intramolecular Hbond substituents is 3. The molecule has 0 aliphatic heterocycles. The second-order valence-electron chi connectivity index (χ2n) is 46.6.